The number of carbonyl (C=O) groups excluding carboxylic acids is 1. The molecule has 18 heavy (non-hydrogen) atoms. The normalized spacial score (nSPS) is 41.1. The Hall–Kier alpha value is -0.570. The van der Waals surface area contributed by atoms with Crippen LogP contribution in [-0.4, -0.2) is 25.7 Å². The van der Waals surface area contributed by atoms with Gasteiger partial charge >= 0.3 is 0 Å². The van der Waals surface area contributed by atoms with Gasteiger partial charge in [-0.3, -0.25) is 4.79 Å². The highest BCUT2D eigenvalue weighted by atomic mass is 16.5. The van der Waals surface area contributed by atoms with E-state index in [1.54, 1.807) is 0 Å². The molecule has 0 aromatic rings. The van der Waals surface area contributed by atoms with Crippen LogP contribution in [0.25, 0.3) is 0 Å². The van der Waals surface area contributed by atoms with E-state index in [-0.39, 0.29) is 12.5 Å². The molecule has 4 fully saturated rings. The van der Waals surface area contributed by atoms with Crippen molar-refractivity contribution in [3.8, 4) is 0 Å². The molecule has 102 valence electrons. The molecule has 4 bridgehead atoms. The molecule has 0 atom stereocenters. The van der Waals surface area contributed by atoms with Gasteiger partial charge in [0.05, 0.1) is 0 Å². The molecule has 0 radical (unpaired) electrons. The number of amides is 1. The first-order valence-electron chi connectivity index (χ1n) is 7.53. The van der Waals surface area contributed by atoms with Gasteiger partial charge in [-0.2, -0.15) is 0 Å². The van der Waals surface area contributed by atoms with Crippen molar-refractivity contribution in [3.05, 3.63) is 0 Å². The van der Waals surface area contributed by atoms with Crippen molar-refractivity contribution in [2.24, 2.45) is 23.2 Å². The van der Waals surface area contributed by atoms with E-state index < -0.39 is 0 Å². The van der Waals surface area contributed by atoms with Crippen molar-refractivity contribution in [2.45, 2.75) is 45.4 Å². The minimum absolute atomic E-state index is 0.0626. The highest BCUT2D eigenvalue weighted by Gasteiger charge is 2.50. The Balaban J connectivity index is 1.54. The Bertz CT molecular complexity index is 291. The molecule has 3 heteroatoms. The molecule has 1 amide bonds. The zero-order valence-electron chi connectivity index (χ0n) is 11.4. The first kappa shape index (κ1) is 12.5. The maximum absolute atomic E-state index is 11.7. The van der Waals surface area contributed by atoms with Crippen LogP contribution in [-0.2, 0) is 9.53 Å². The predicted octanol–water partition coefficient (Wildman–Crippen LogP) is 2.36. The van der Waals surface area contributed by atoms with E-state index in [2.05, 4.69) is 5.32 Å². The third-order valence-electron chi connectivity index (χ3n) is 5.26. The Morgan fingerprint density at radius 2 is 1.72 bits per heavy atom. The average molecular weight is 251 g/mol. The van der Waals surface area contributed by atoms with E-state index in [1.807, 2.05) is 6.92 Å². The molecule has 4 rings (SSSR count). The summed E-state index contributed by atoms with van der Waals surface area (Å²) in [6.45, 7) is 3.66. The third kappa shape index (κ3) is 2.42. The summed E-state index contributed by atoms with van der Waals surface area (Å²) in [5.74, 6) is 2.94. The highest BCUT2D eigenvalue weighted by molar-refractivity contribution is 5.77. The molecule has 3 nitrogen and oxygen atoms in total. The lowest BCUT2D eigenvalue weighted by molar-refractivity contribution is -0.127. The van der Waals surface area contributed by atoms with E-state index in [4.69, 9.17) is 4.74 Å². The Kier molecular flexibility index (Phi) is 3.35. The van der Waals surface area contributed by atoms with Crippen molar-refractivity contribution in [2.75, 3.05) is 19.8 Å². The average Bonchev–Trinajstić information content (AvgIpc) is 2.32. The van der Waals surface area contributed by atoms with E-state index in [0.29, 0.717) is 12.0 Å². The summed E-state index contributed by atoms with van der Waals surface area (Å²) >= 11 is 0. The second-order valence-electron chi connectivity index (χ2n) is 6.83. The standard InChI is InChI=1S/C15H25NO2/c1-2-18-9-14(17)16-10-15-6-11-3-12(7-15)5-13(4-11)8-15/h11-13H,2-10H2,1H3,(H,16,17). The van der Waals surface area contributed by atoms with Crippen LogP contribution in [0.15, 0.2) is 0 Å². The summed E-state index contributed by atoms with van der Waals surface area (Å²) in [5.41, 5.74) is 0.441. The molecule has 1 N–H and O–H groups in total. The first-order chi connectivity index (χ1) is 8.69. The molecule has 0 spiro atoms. The lowest BCUT2D eigenvalue weighted by Crippen LogP contribution is -2.51. The van der Waals surface area contributed by atoms with Gasteiger partial charge in [0.15, 0.2) is 0 Å². The Morgan fingerprint density at radius 1 is 1.17 bits per heavy atom. The van der Waals surface area contributed by atoms with Crippen molar-refractivity contribution < 1.29 is 9.53 Å². The zero-order valence-corrected chi connectivity index (χ0v) is 11.4. The van der Waals surface area contributed by atoms with Gasteiger partial charge in [-0.1, -0.05) is 0 Å². The van der Waals surface area contributed by atoms with Gasteiger partial charge in [0.1, 0.15) is 6.61 Å². The van der Waals surface area contributed by atoms with E-state index >= 15 is 0 Å². The maximum atomic E-state index is 11.7. The fraction of sp³-hybridized carbons (Fsp3) is 0.933. The van der Waals surface area contributed by atoms with Gasteiger partial charge in [-0.15, -0.1) is 0 Å². The van der Waals surface area contributed by atoms with Crippen LogP contribution in [0.3, 0.4) is 0 Å². The molecule has 0 saturated heterocycles. The van der Waals surface area contributed by atoms with Gasteiger partial charge in [0.25, 0.3) is 0 Å². The Labute approximate surface area is 110 Å². The second kappa shape index (κ2) is 4.84. The quantitative estimate of drug-likeness (QED) is 0.814. The number of carbonyl (C=O) groups is 1. The Morgan fingerprint density at radius 3 is 2.22 bits per heavy atom. The van der Waals surface area contributed by atoms with Crippen molar-refractivity contribution >= 4 is 5.91 Å². The lowest BCUT2D eigenvalue weighted by Gasteiger charge is -2.56. The molecule has 4 aliphatic carbocycles. The van der Waals surface area contributed by atoms with Gasteiger partial charge in [0, 0.05) is 13.2 Å². The number of rotatable bonds is 5. The summed E-state index contributed by atoms with van der Waals surface area (Å²) in [6, 6.07) is 0. The largest absolute Gasteiger partial charge is 0.372 e. The van der Waals surface area contributed by atoms with Gasteiger partial charge in [0.2, 0.25) is 5.91 Å². The van der Waals surface area contributed by atoms with Crippen LogP contribution in [0.5, 0.6) is 0 Å². The van der Waals surface area contributed by atoms with E-state index in [1.165, 1.54) is 38.5 Å². The molecular weight excluding hydrogens is 226 g/mol. The topological polar surface area (TPSA) is 38.3 Å². The monoisotopic (exact) mass is 251 g/mol. The first-order valence-corrected chi connectivity index (χ1v) is 7.53. The lowest BCUT2D eigenvalue weighted by atomic mass is 9.49. The maximum Gasteiger partial charge on any atom is 0.246 e. The summed E-state index contributed by atoms with van der Waals surface area (Å²) in [6.07, 6.45) is 8.46. The molecular formula is C15H25NO2. The van der Waals surface area contributed by atoms with E-state index in [9.17, 15) is 4.79 Å². The van der Waals surface area contributed by atoms with Crippen molar-refractivity contribution in [1.82, 2.24) is 5.32 Å². The van der Waals surface area contributed by atoms with Crippen molar-refractivity contribution in [3.63, 3.8) is 0 Å². The summed E-state index contributed by atoms with van der Waals surface area (Å²) in [7, 11) is 0. The summed E-state index contributed by atoms with van der Waals surface area (Å²) in [4.78, 5) is 11.7. The third-order valence-corrected chi connectivity index (χ3v) is 5.26. The molecule has 4 saturated carbocycles. The fourth-order valence-corrected chi connectivity index (χ4v) is 5.04. The highest BCUT2D eigenvalue weighted by Crippen LogP contribution is 2.59. The molecule has 0 aromatic carbocycles. The zero-order chi connectivity index (χ0) is 12.6. The minimum Gasteiger partial charge on any atom is -0.372 e. The summed E-state index contributed by atoms with van der Waals surface area (Å²) < 4.78 is 5.15. The molecule has 0 aliphatic heterocycles. The second-order valence-corrected chi connectivity index (χ2v) is 6.83. The van der Waals surface area contributed by atoms with Crippen LogP contribution < -0.4 is 5.32 Å². The number of ether oxygens (including phenoxy) is 1. The van der Waals surface area contributed by atoms with E-state index in [0.717, 1.165) is 24.3 Å². The fourth-order valence-electron chi connectivity index (χ4n) is 5.04. The predicted molar refractivity (Wildman–Crippen MR) is 70.1 cm³/mol. The van der Waals surface area contributed by atoms with Crippen molar-refractivity contribution in [1.29, 1.82) is 0 Å². The van der Waals surface area contributed by atoms with Crippen LogP contribution in [0.1, 0.15) is 45.4 Å². The van der Waals surface area contributed by atoms with Gasteiger partial charge in [-0.05, 0) is 68.6 Å². The molecule has 0 heterocycles. The van der Waals surface area contributed by atoms with Crippen LogP contribution >= 0.6 is 0 Å². The van der Waals surface area contributed by atoms with Crippen LogP contribution in [0.2, 0.25) is 0 Å². The minimum atomic E-state index is 0.0626. The molecule has 0 unspecified atom stereocenters. The van der Waals surface area contributed by atoms with Crippen LogP contribution in [0.4, 0.5) is 0 Å². The number of hydrogen-bond acceptors (Lipinski definition) is 2. The molecule has 0 aromatic heterocycles. The SMILES string of the molecule is CCOCC(=O)NCC12CC3CC(CC(C3)C1)C2. The number of hydrogen-bond donors (Lipinski definition) is 1. The van der Waals surface area contributed by atoms with Crippen LogP contribution in [0, 0.1) is 23.2 Å². The number of nitrogens with one attached hydrogen (secondary N) is 1. The summed E-state index contributed by atoms with van der Waals surface area (Å²) in [5, 5.41) is 3.11. The van der Waals surface area contributed by atoms with Gasteiger partial charge < -0.3 is 10.1 Å². The van der Waals surface area contributed by atoms with Gasteiger partial charge in [-0.25, -0.2) is 0 Å². The smallest absolute Gasteiger partial charge is 0.246 e. The molecule has 4 aliphatic rings.